The molecule has 3 rings (SSSR count). The number of methoxy groups -OCH3 is 4. The SMILES string of the molecule is COCCOC(=O)C1=C(C)NC2=C(C(=O)C(C(=O)OC)C(C)C2)C1c1cccc(OC)c1OC. The minimum atomic E-state index is -0.978. The highest BCUT2D eigenvalue weighted by atomic mass is 16.6. The summed E-state index contributed by atoms with van der Waals surface area (Å²) in [4.78, 5) is 39.6. The zero-order valence-electron chi connectivity index (χ0n) is 20.4. The summed E-state index contributed by atoms with van der Waals surface area (Å²) in [6.45, 7) is 3.88. The van der Waals surface area contributed by atoms with Gasteiger partial charge in [-0.25, -0.2) is 4.79 Å². The summed E-state index contributed by atoms with van der Waals surface area (Å²) in [7, 11) is 5.77. The number of hydrogen-bond acceptors (Lipinski definition) is 9. The van der Waals surface area contributed by atoms with E-state index >= 15 is 0 Å². The van der Waals surface area contributed by atoms with Crippen molar-refractivity contribution in [1.82, 2.24) is 5.32 Å². The van der Waals surface area contributed by atoms with E-state index in [9.17, 15) is 14.4 Å². The molecule has 0 radical (unpaired) electrons. The molecule has 0 fully saturated rings. The molecule has 3 unspecified atom stereocenters. The number of ether oxygens (including phenoxy) is 5. The van der Waals surface area contributed by atoms with E-state index in [1.807, 2.05) is 6.92 Å². The number of esters is 2. The molecule has 0 saturated heterocycles. The molecule has 1 heterocycles. The second-order valence-electron chi connectivity index (χ2n) is 8.25. The Bertz CT molecular complexity index is 1040. The molecule has 0 saturated carbocycles. The molecule has 3 atom stereocenters. The zero-order chi connectivity index (χ0) is 25.0. The molecule has 9 nitrogen and oxygen atoms in total. The molecular formula is C25H31NO8. The van der Waals surface area contributed by atoms with Gasteiger partial charge < -0.3 is 29.0 Å². The Balaban J connectivity index is 2.22. The van der Waals surface area contributed by atoms with Gasteiger partial charge in [0, 0.05) is 29.6 Å². The normalized spacial score (nSPS) is 22.1. The van der Waals surface area contributed by atoms with Crippen LogP contribution in [0.1, 0.15) is 31.7 Å². The number of para-hydroxylation sites is 1. The molecule has 1 aliphatic carbocycles. The molecule has 1 N–H and O–H groups in total. The average molecular weight is 474 g/mol. The van der Waals surface area contributed by atoms with Crippen LogP contribution in [0.3, 0.4) is 0 Å². The predicted molar refractivity (Wildman–Crippen MR) is 122 cm³/mol. The summed E-state index contributed by atoms with van der Waals surface area (Å²) >= 11 is 0. The molecule has 34 heavy (non-hydrogen) atoms. The molecule has 1 aliphatic heterocycles. The van der Waals surface area contributed by atoms with Crippen LogP contribution in [0.4, 0.5) is 0 Å². The number of hydrogen-bond donors (Lipinski definition) is 1. The Morgan fingerprint density at radius 1 is 1.09 bits per heavy atom. The number of allylic oxidation sites excluding steroid dienone is 3. The summed E-state index contributed by atoms with van der Waals surface area (Å²) in [5.41, 5.74) is 2.36. The zero-order valence-corrected chi connectivity index (χ0v) is 20.4. The van der Waals surface area contributed by atoms with Crippen molar-refractivity contribution in [3.05, 3.63) is 46.3 Å². The third-order valence-corrected chi connectivity index (χ3v) is 6.23. The average Bonchev–Trinajstić information content (AvgIpc) is 2.82. The lowest BCUT2D eigenvalue weighted by molar-refractivity contribution is -0.151. The summed E-state index contributed by atoms with van der Waals surface area (Å²) in [6, 6.07) is 5.26. The summed E-state index contributed by atoms with van der Waals surface area (Å²) in [5.74, 6) is -2.83. The fourth-order valence-corrected chi connectivity index (χ4v) is 4.70. The Morgan fingerprint density at radius 2 is 1.82 bits per heavy atom. The van der Waals surface area contributed by atoms with E-state index in [0.717, 1.165) is 0 Å². The van der Waals surface area contributed by atoms with Crippen LogP contribution in [0.5, 0.6) is 11.5 Å². The lowest BCUT2D eigenvalue weighted by Crippen LogP contribution is -2.43. The minimum Gasteiger partial charge on any atom is -0.493 e. The van der Waals surface area contributed by atoms with E-state index < -0.39 is 29.6 Å². The highest BCUT2D eigenvalue weighted by molar-refractivity contribution is 6.12. The maximum absolute atomic E-state index is 13.8. The summed E-state index contributed by atoms with van der Waals surface area (Å²) in [6.07, 6.45) is 0.437. The first-order valence-electron chi connectivity index (χ1n) is 11.0. The molecule has 1 aromatic rings. The second kappa shape index (κ2) is 10.7. The van der Waals surface area contributed by atoms with Gasteiger partial charge in [0.15, 0.2) is 17.3 Å². The van der Waals surface area contributed by atoms with Gasteiger partial charge in [-0.15, -0.1) is 0 Å². The van der Waals surface area contributed by atoms with Crippen LogP contribution < -0.4 is 14.8 Å². The highest BCUT2D eigenvalue weighted by Gasteiger charge is 2.48. The minimum absolute atomic E-state index is 0.0513. The number of dihydropyridines is 1. The number of Topliss-reactive ketones (excluding diaryl/α,β-unsaturated/α-hetero) is 1. The van der Waals surface area contributed by atoms with Gasteiger partial charge in [-0.2, -0.15) is 0 Å². The van der Waals surface area contributed by atoms with Crippen LogP contribution in [0.15, 0.2) is 40.7 Å². The number of carbonyl (C=O) groups excluding carboxylic acids is 3. The third-order valence-electron chi connectivity index (χ3n) is 6.23. The maximum atomic E-state index is 13.8. The van der Waals surface area contributed by atoms with Crippen molar-refractivity contribution in [3.63, 3.8) is 0 Å². The standard InChI is InChI=1S/C25H31NO8/c1-13-12-16-21(22(27)18(13)24(28)33-6)20(15-8-7-9-17(31-4)23(15)32-5)19(14(2)26-16)25(29)34-11-10-30-3/h7-9,13,18,20,26H,10-12H2,1-6H3. The predicted octanol–water partition coefficient (Wildman–Crippen LogP) is 2.51. The first-order valence-corrected chi connectivity index (χ1v) is 11.0. The molecule has 0 aromatic heterocycles. The molecular weight excluding hydrogens is 442 g/mol. The van der Waals surface area contributed by atoms with Gasteiger partial charge in [0.25, 0.3) is 0 Å². The quantitative estimate of drug-likeness (QED) is 0.346. The lowest BCUT2D eigenvalue weighted by atomic mass is 9.69. The van der Waals surface area contributed by atoms with Crippen LogP contribution in [0.25, 0.3) is 0 Å². The highest BCUT2D eigenvalue weighted by Crippen LogP contribution is 2.49. The number of nitrogens with one attached hydrogen (secondary N) is 1. The molecule has 0 bridgehead atoms. The molecule has 0 spiro atoms. The van der Waals surface area contributed by atoms with Gasteiger partial charge in [-0.3, -0.25) is 9.59 Å². The lowest BCUT2D eigenvalue weighted by Gasteiger charge is -2.38. The van der Waals surface area contributed by atoms with Gasteiger partial charge in [-0.1, -0.05) is 19.1 Å². The van der Waals surface area contributed by atoms with Crippen molar-refractivity contribution in [1.29, 1.82) is 0 Å². The topological polar surface area (TPSA) is 109 Å². The number of rotatable bonds is 8. The van der Waals surface area contributed by atoms with E-state index in [4.69, 9.17) is 23.7 Å². The number of carbonyl (C=O) groups is 3. The molecule has 184 valence electrons. The number of benzene rings is 1. The number of ketones is 1. The largest absolute Gasteiger partial charge is 0.493 e. The van der Waals surface area contributed by atoms with Gasteiger partial charge in [0.2, 0.25) is 0 Å². The Hall–Kier alpha value is -3.33. The van der Waals surface area contributed by atoms with E-state index in [0.29, 0.717) is 40.5 Å². The van der Waals surface area contributed by atoms with Crippen molar-refractivity contribution >= 4 is 17.7 Å². The van der Waals surface area contributed by atoms with Gasteiger partial charge in [-0.05, 0) is 25.3 Å². The smallest absolute Gasteiger partial charge is 0.336 e. The second-order valence-corrected chi connectivity index (χ2v) is 8.25. The van der Waals surface area contributed by atoms with Crippen molar-refractivity contribution < 1.29 is 38.1 Å². The third kappa shape index (κ3) is 4.52. The molecule has 9 heteroatoms. The van der Waals surface area contributed by atoms with Crippen LogP contribution in [-0.2, 0) is 28.6 Å². The van der Waals surface area contributed by atoms with Gasteiger partial charge in [0.05, 0.1) is 39.4 Å². The first kappa shape index (κ1) is 25.3. The van der Waals surface area contributed by atoms with Crippen LogP contribution in [0.2, 0.25) is 0 Å². The summed E-state index contributed by atoms with van der Waals surface area (Å²) < 4.78 is 26.5. The molecule has 0 amide bonds. The van der Waals surface area contributed by atoms with E-state index in [2.05, 4.69) is 5.32 Å². The fourth-order valence-electron chi connectivity index (χ4n) is 4.70. The molecule has 2 aliphatic rings. The van der Waals surface area contributed by atoms with E-state index in [1.54, 1.807) is 25.1 Å². The van der Waals surface area contributed by atoms with Crippen LogP contribution >= 0.6 is 0 Å². The van der Waals surface area contributed by atoms with Crippen molar-refractivity contribution in [2.45, 2.75) is 26.2 Å². The van der Waals surface area contributed by atoms with E-state index in [1.165, 1.54) is 28.4 Å². The summed E-state index contributed by atoms with van der Waals surface area (Å²) in [5, 5.41) is 3.23. The Morgan fingerprint density at radius 3 is 2.44 bits per heavy atom. The van der Waals surface area contributed by atoms with Gasteiger partial charge in [0.1, 0.15) is 12.5 Å². The van der Waals surface area contributed by atoms with Crippen LogP contribution in [0, 0.1) is 11.8 Å². The van der Waals surface area contributed by atoms with Crippen molar-refractivity contribution in [3.8, 4) is 11.5 Å². The first-order chi connectivity index (χ1) is 16.3. The fraction of sp³-hybridized carbons (Fsp3) is 0.480. The monoisotopic (exact) mass is 473 g/mol. The van der Waals surface area contributed by atoms with Gasteiger partial charge >= 0.3 is 11.9 Å². The Labute approximate surface area is 199 Å². The maximum Gasteiger partial charge on any atom is 0.336 e. The van der Waals surface area contributed by atoms with Crippen LogP contribution in [-0.4, -0.2) is 59.4 Å². The van der Waals surface area contributed by atoms with E-state index in [-0.39, 0.29) is 24.7 Å². The Kier molecular flexibility index (Phi) is 7.98. The van der Waals surface area contributed by atoms with Crippen molar-refractivity contribution in [2.75, 3.05) is 41.7 Å². The molecule has 1 aromatic carbocycles. The van der Waals surface area contributed by atoms with Crippen molar-refractivity contribution in [2.24, 2.45) is 11.8 Å².